The summed E-state index contributed by atoms with van der Waals surface area (Å²) in [6, 6.07) is 2.23. The van der Waals surface area contributed by atoms with Crippen LogP contribution in [0.4, 0.5) is 0 Å². The highest BCUT2D eigenvalue weighted by molar-refractivity contribution is 5.95. The number of amides is 3. The molecule has 0 radical (unpaired) electrons. The molecule has 1 aromatic rings. The molecule has 0 bridgehead atoms. The molecule has 3 atom stereocenters. The van der Waals surface area contributed by atoms with E-state index in [9.17, 15) is 29.1 Å². The molecule has 0 spiro atoms. The molecule has 12 nitrogen and oxygen atoms in total. The van der Waals surface area contributed by atoms with E-state index in [-0.39, 0.29) is 24.5 Å². The molecule has 3 amide bonds. The van der Waals surface area contributed by atoms with Gasteiger partial charge in [0.05, 0.1) is 12.5 Å². The third-order valence-corrected chi connectivity index (χ3v) is 4.49. The molecular weight excluding hydrogens is 436 g/mol. The molecule has 3 unspecified atom stereocenters. The average molecular weight is 466 g/mol. The van der Waals surface area contributed by atoms with Crippen molar-refractivity contribution in [3.05, 3.63) is 29.8 Å². The standard InChI is InChI=1S/C21H30N4O8/c1-11(2)7-15(20(32)23-10-18(29)30)25-21(33)16(9-17(27)28)24-19(31)14(22)8-12-3-5-13(26)6-4-12/h3-6,11,14-16,26H,7-10,22H2,1-2H3,(H,23,32)(H,24,31)(H,25,33)(H,27,28)(H,29,30). The molecule has 0 aliphatic heterocycles. The molecule has 0 fully saturated rings. The molecule has 0 saturated heterocycles. The Balaban J connectivity index is 2.88. The Morgan fingerprint density at radius 3 is 1.97 bits per heavy atom. The Bertz CT molecular complexity index is 856. The first-order valence-corrected chi connectivity index (χ1v) is 10.2. The number of phenolic OH excluding ortho intramolecular Hbond substituents is 1. The van der Waals surface area contributed by atoms with Crippen LogP contribution in [0, 0.1) is 5.92 Å². The first-order valence-electron chi connectivity index (χ1n) is 10.2. The van der Waals surface area contributed by atoms with Gasteiger partial charge in [0.2, 0.25) is 17.7 Å². The molecule has 1 aromatic carbocycles. The van der Waals surface area contributed by atoms with Crippen LogP contribution in [0.5, 0.6) is 5.75 Å². The fourth-order valence-electron chi connectivity index (χ4n) is 2.90. The number of carboxylic acid groups (broad SMARTS) is 2. The van der Waals surface area contributed by atoms with Crippen molar-refractivity contribution in [2.24, 2.45) is 11.7 Å². The van der Waals surface area contributed by atoms with Crippen LogP contribution in [-0.2, 0) is 30.4 Å². The molecule has 0 saturated carbocycles. The van der Waals surface area contributed by atoms with E-state index in [0.29, 0.717) is 5.56 Å². The fourth-order valence-corrected chi connectivity index (χ4v) is 2.90. The van der Waals surface area contributed by atoms with Gasteiger partial charge >= 0.3 is 11.9 Å². The number of phenols is 1. The predicted molar refractivity (Wildman–Crippen MR) is 116 cm³/mol. The summed E-state index contributed by atoms with van der Waals surface area (Å²) in [6.45, 7) is 2.91. The number of hydrogen-bond donors (Lipinski definition) is 7. The van der Waals surface area contributed by atoms with E-state index in [1.165, 1.54) is 12.1 Å². The minimum absolute atomic E-state index is 0.0401. The maximum atomic E-state index is 12.7. The SMILES string of the molecule is CC(C)CC(NC(=O)C(CC(=O)O)NC(=O)C(N)Cc1ccc(O)cc1)C(=O)NCC(=O)O. The second-order valence-electron chi connectivity index (χ2n) is 7.94. The van der Waals surface area contributed by atoms with Gasteiger partial charge in [0.15, 0.2) is 0 Å². The molecule has 33 heavy (non-hydrogen) atoms. The van der Waals surface area contributed by atoms with Crippen LogP contribution < -0.4 is 21.7 Å². The normalized spacial score (nSPS) is 13.5. The Kier molecular flexibility index (Phi) is 10.8. The van der Waals surface area contributed by atoms with Crippen LogP contribution in [0.15, 0.2) is 24.3 Å². The molecule has 0 aliphatic rings. The van der Waals surface area contributed by atoms with E-state index < -0.39 is 60.8 Å². The lowest BCUT2D eigenvalue weighted by Crippen LogP contribution is -2.57. The van der Waals surface area contributed by atoms with Crippen molar-refractivity contribution in [1.82, 2.24) is 16.0 Å². The highest BCUT2D eigenvalue weighted by Crippen LogP contribution is 2.11. The van der Waals surface area contributed by atoms with Crippen LogP contribution in [0.1, 0.15) is 32.3 Å². The van der Waals surface area contributed by atoms with E-state index in [2.05, 4.69) is 16.0 Å². The van der Waals surface area contributed by atoms with Crippen molar-refractivity contribution in [3.8, 4) is 5.75 Å². The lowest BCUT2D eigenvalue weighted by molar-refractivity contribution is -0.141. The zero-order valence-electron chi connectivity index (χ0n) is 18.4. The Morgan fingerprint density at radius 1 is 0.879 bits per heavy atom. The van der Waals surface area contributed by atoms with E-state index in [1.807, 2.05) is 0 Å². The number of aromatic hydroxyl groups is 1. The molecule has 0 aliphatic carbocycles. The largest absolute Gasteiger partial charge is 0.508 e. The van der Waals surface area contributed by atoms with Crippen LogP contribution in [0.2, 0.25) is 0 Å². The number of carbonyl (C=O) groups excluding carboxylic acids is 3. The number of nitrogens with two attached hydrogens (primary N) is 1. The molecular formula is C21H30N4O8. The zero-order valence-corrected chi connectivity index (χ0v) is 18.4. The van der Waals surface area contributed by atoms with Gasteiger partial charge in [0.25, 0.3) is 0 Å². The van der Waals surface area contributed by atoms with Crippen molar-refractivity contribution in [3.63, 3.8) is 0 Å². The monoisotopic (exact) mass is 466 g/mol. The molecule has 8 N–H and O–H groups in total. The minimum atomic E-state index is -1.51. The van der Waals surface area contributed by atoms with E-state index in [1.54, 1.807) is 26.0 Å². The van der Waals surface area contributed by atoms with Crippen molar-refractivity contribution in [2.75, 3.05) is 6.54 Å². The van der Waals surface area contributed by atoms with Crippen molar-refractivity contribution in [1.29, 1.82) is 0 Å². The summed E-state index contributed by atoms with van der Waals surface area (Å²) in [6.07, 6.45) is -0.527. The Morgan fingerprint density at radius 2 is 1.45 bits per heavy atom. The Labute approximate surface area is 190 Å². The fraction of sp³-hybridized carbons (Fsp3) is 0.476. The summed E-state index contributed by atoms with van der Waals surface area (Å²) in [5, 5.41) is 34.0. The van der Waals surface area contributed by atoms with Gasteiger partial charge in [-0.3, -0.25) is 24.0 Å². The van der Waals surface area contributed by atoms with Crippen LogP contribution in [0.25, 0.3) is 0 Å². The highest BCUT2D eigenvalue weighted by Gasteiger charge is 2.30. The number of carbonyl (C=O) groups is 5. The van der Waals surface area contributed by atoms with Gasteiger partial charge in [-0.15, -0.1) is 0 Å². The van der Waals surface area contributed by atoms with Crippen molar-refractivity contribution in [2.45, 2.75) is 51.2 Å². The number of carboxylic acids is 2. The van der Waals surface area contributed by atoms with Gasteiger partial charge in [-0.2, -0.15) is 0 Å². The first kappa shape index (κ1) is 27.4. The van der Waals surface area contributed by atoms with Gasteiger partial charge in [-0.25, -0.2) is 0 Å². The first-order chi connectivity index (χ1) is 15.4. The van der Waals surface area contributed by atoms with Crippen LogP contribution >= 0.6 is 0 Å². The lowest BCUT2D eigenvalue weighted by atomic mass is 10.0. The van der Waals surface area contributed by atoms with Crippen LogP contribution in [0.3, 0.4) is 0 Å². The van der Waals surface area contributed by atoms with Gasteiger partial charge < -0.3 is 37.0 Å². The number of aliphatic carboxylic acids is 2. The second-order valence-corrected chi connectivity index (χ2v) is 7.94. The maximum Gasteiger partial charge on any atom is 0.322 e. The molecule has 0 heterocycles. The molecule has 1 rings (SSSR count). The Hall–Kier alpha value is -3.67. The summed E-state index contributed by atoms with van der Waals surface area (Å²) < 4.78 is 0. The van der Waals surface area contributed by atoms with Gasteiger partial charge in [0.1, 0.15) is 24.4 Å². The topological polar surface area (TPSA) is 208 Å². The van der Waals surface area contributed by atoms with E-state index >= 15 is 0 Å². The maximum absolute atomic E-state index is 12.7. The number of benzene rings is 1. The van der Waals surface area contributed by atoms with Gasteiger partial charge in [0, 0.05) is 0 Å². The summed E-state index contributed by atoms with van der Waals surface area (Å²) in [5.74, 6) is -5.09. The predicted octanol–water partition coefficient (Wildman–Crippen LogP) is -1.05. The van der Waals surface area contributed by atoms with Crippen LogP contribution in [-0.4, -0.2) is 69.7 Å². The second kappa shape index (κ2) is 13.0. The summed E-state index contributed by atoms with van der Waals surface area (Å²) in [4.78, 5) is 59.4. The number of hydrogen-bond acceptors (Lipinski definition) is 7. The quantitative estimate of drug-likeness (QED) is 0.189. The third-order valence-electron chi connectivity index (χ3n) is 4.49. The smallest absolute Gasteiger partial charge is 0.322 e. The third kappa shape index (κ3) is 10.5. The molecule has 0 aromatic heterocycles. The minimum Gasteiger partial charge on any atom is -0.508 e. The molecule has 12 heteroatoms. The van der Waals surface area contributed by atoms with Crippen molar-refractivity contribution >= 4 is 29.7 Å². The summed E-state index contributed by atoms with van der Waals surface area (Å²) in [5.41, 5.74) is 6.52. The van der Waals surface area contributed by atoms with Crippen molar-refractivity contribution < 1.29 is 39.3 Å². The highest BCUT2D eigenvalue weighted by atomic mass is 16.4. The van der Waals surface area contributed by atoms with Gasteiger partial charge in [-0.05, 0) is 36.5 Å². The summed E-state index contributed by atoms with van der Waals surface area (Å²) in [7, 11) is 0. The number of rotatable bonds is 13. The molecule has 182 valence electrons. The number of nitrogens with one attached hydrogen (secondary N) is 3. The zero-order chi connectivity index (χ0) is 25.1. The summed E-state index contributed by atoms with van der Waals surface area (Å²) >= 11 is 0. The lowest BCUT2D eigenvalue weighted by Gasteiger charge is -2.24. The van der Waals surface area contributed by atoms with E-state index in [4.69, 9.17) is 15.9 Å². The van der Waals surface area contributed by atoms with Gasteiger partial charge in [-0.1, -0.05) is 26.0 Å². The average Bonchev–Trinajstić information content (AvgIpc) is 2.71. The van der Waals surface area contributed by atoms with E-state index in [0.717, 1.165) is 0 Å².